The number of carbonyl (C=O) groups is 1. The monoisotopic (exact) mass is 265 g/mol. The van der Waals surface area contributed by atoms with Gasteiger partial charge in [-0.05, 0) is 37.8 Å². The molecule has 0 radical (unpaired) electrons. The Morgan fingerprint density at radius 1 is 1.28 bits per heavy atom. The largest absolute Gasteiger partial charge is 0.390 e. The van der Waals surface area contributed by atoms with Gasteiger partial charge in [-0.15, -0.1) is 11.3 Å². The number of carbonyl (C=O) groups excluding carboxylic acids is 1. The van der Waals surface area contributed by atoms with Crippen molar-refractivity contribution >= 4 is 22.2 Å². The van der Waals surface area contributed by atoms with Gasteiger partial charge in [0.05, 0.1) is 10.6 Å². The maximum Gasteiger partial charge on any atom is 0.257 e. The molecule has 0 atom stereocenters. The summed E-state index contributed by atoms with van der Waals surface area (Å²) < 4.78 is 0. The number of nitrogens with two attached hydrogens (primary N) is 1. The van der Waals surface area contributed by atoms with Crippen LogP contribution in [0.3, 0.4) is 0 Å². The normalized spacial score (nSPS) is 19.7. The van der Waals surface area contributed by atoms with Crippen LogP contribution in [-0.2, 0) is 13.0 Å². The van der Waals surface area contributed by atoms with Gasteiger partial charge in [0.15, 0.2) is 0 Å². The quantitative estimate of drug-likeness (QED) is 0.811. The van der Waals surface area contributed by atoms with Gasteiger partial charge in [0.1, 0.15) is 0 Å². The first-order valence-corrected chi connectivity index (χ1v) is 7.49. The smallest absolute Gasteiger partial charge is 0.257 e. The van der Waals surface area contributed by atoms with Gasteiger partial charge in [0, 0.05) is 24.5 Å². The molecule has 0 aliphatic carbocycles. The highest BCUT2D eigenvalue weighted by molar-refractivity contribution is 7.16. The minimum Gasteiger partial charge on any atom is -0.390 e. The van der Waals surface area contributed by atoms with Gasteiger partial charge in [0.2, 0.25) is 0 Å². The van der Waals surface area contributed by atoms with Gasteiger partial charge in [-0.25, -0.2) is 0 Å². The molecule has 0 spiro atoms. The summed E-state index contributed by atoms with van der Waals surface area (Å²) >= 11 is 1.58. The molecular weight excluding hydrogens is 246 g/mol. The second-order valence-electron chi connectivity index (χ2n) is 5.02. The van der Waals surface area contributed by atoms with Crippen LogP contribution in [-0.4, -0.2) is 30.4 Å². The van der Waals surface area contributed by atoms with E-state index in [4.69, 9.17) is 5.73 Å². The van der Waals surface area contributed by atoms with E-state index in [1.165, 1.54) is 16.9 Å². The van der Waals surface area contributed by atoms with Gasteiger partial charge >= 0.3 is 0 Å². The van der Waals surface area contributed by atoms with Crippen molar-refractivity contribution < 1.29 is 4.79 Å². The topological polar surface area (TPSA) is 58.4 Å². The molecule has 0 saturated carbocycles. The Morgan fingerprint density at radius 3 is 2.83 bits per heavy atom. The van der Waals surface area contributed by atoms with Gasteiger partial charge in [0.25, 0.3) is 5.91 Å². The molecule has 4 nitrogen and oxygen atoms in total. The molecule has 18 heavy (non-hydrogen) atoms. The fraction of sp³-hybridized carbons (Fsp3) is 0.615. The van der Waals surface area contributed by atoms with Crippen LogP contribution in [0.4, 0.5) is 5.00 Å². The summed E-state index contributed by atoms with van der Waals surface area (Å²) in [5.41, 5.74) is 8.08. The van der Waals surface area contributed by atoms with E-state index in [2.05, 4.69) is 5.32 Å². The lowest BCUT2D eigenvalue weighted by Crippen LogP contribution is -2.36. The van der Waals surface area contributed by atoms with E-state index in [1.807, 2.05) is 4.90 Å². The Balaban J connectivity index is 1.90. The van der Waals surface area contributed by atoms with Gasteiger partial charge in [-0.3, -0.25) is 4.79 Å². The maximum atomic E-state index is 12.6. The minimum absolute atomic E-state index is 0.159. The summed E-state index contributed by atoms with van der Waals surface area (Å²) in [6.07, 6.45) is 4.42. The van der Waals surface area contributed by atoms with Crippen LogP contribution in [0.5, 0.6) is 0 Å². The maximum absolute atomic E-state index is 12.6. The molecule has 0 unspecified atom stereocenters. The SMILES string of the molecule is Nc1sc2c(c1C(=O)N1CCCCC1)CCNC2. The number of amides is 1. The summed E-state index contributed by atoms with van der Waals surface area (Å²) in [5, 5.41) is 4.04. The van der Waals surface area contributed by atoms with Crippen LogP contribution in [0, 0.1) is 0 Å². The molecule has 3 N–H and O–H groups in total. The third-order valence-corrected chi connectivity index (χ3v) is 4.87. The fourth-order valence-corrected chi connectivity index (χ4v) is 3.93. The first-order chi connectivity index (χ1) is 8.77. The molecule has 1 saturated heterocycles. The third kappa shape index (κ3) is 2.01. The first-order valence-electron chi connectivity index (χ1n) is 6.67. The van der Waals surface area contributed by atoms with Crippen molar-refractivity contribution in [2.24, 2.45) is 0 Å². The zero-order valence-electron chi connectivity index (χ0n) is 10.5. The predicted octanol–water partition coefficient (Wildman–Crippen LogP) is 1.60. The highest BCUT2D eigenvalue weighted by atomic mass is 32.1. The van der Waals surface area contributed by atoms with Gasteiger partial charge < -0.3 is 16.0 Å². The van der Waals surface area contributed by atoms with Crippen molar-refractivity contribution in [2.75, 3.05) is 25.4 Å². The standard InChI is InChI=1S/C13H19N3OS/c14-12-11(9-4-5-15-8-10(9)18-12)13(17)16-6-2-1-3-7-16/h15H,1-8,14H2. The zero-order chi connectivity index (χ0) is 12.5. The molecule has 2 aliphatic rings. The number of piperidine rings is 1. The van der Waals surface area contributed by atoms with Crippen LogP contribution in [0.25, 0.3) is 0 Å². The van der Waals surface area contributed by atoms with Gasteiger partial charge in [-0.2, -0.15) is 0 Å². The van der Waals surface area contributed by atoms with E-state index in [-0.39, 0.29) is 5.91 Å². The molecule has 1 aromatic heterocycles. The number of nitrogens with zero attached hydrogens (tertiary/aromatic N) is 1. The molecule has 0 aromatic carbocycles. The number of anilines is 1. The minimum atomic E-state index is 0.159. The van der Waals surface area contributed by atoms with Crippen LogP contribution >= 0.6 is 11.3 Å². The molecule has 0 bridgehead atoms. The number of thiophene rings is 1. The molecule has 1 aromatic rings. The van der Waals surface area contributed by atoms with Crippen LogP contribution < -0.4 is 11.1 Å². The number of nitrogen functional groups attached to an aromatic ring is 1. The molecular formula is C13H19N3OS. The molecule has 2 aliphatic heterocycles. The predicted molar refractivity (Wildman–Crippen MR) is 73.9 cm³/mol. The second kappa shape index (κ2) is 4.90. The molecule has 1 amide bonds. The molecule has 5 heteroatoms. The van der Waals surface area contributed by atoms with Crippen molar-refractivity contribution in [2.45, 2.75) is 32.2 Å². The lowest BCUT2D eigenvalue weighted by Gasteiger charge is -2.27. The molecule has 3 heterocycles. The highest BCUT2D eigenvalue weighted by Crippen LogP contribution is 2.34. The number of hydrogen-bond acceptors (Lipinski definition) is 4. The van der Waals surface area contributed by atoms with Crippen LogP contribution in [0.2, 0.25) is 0 Å². The van der Waals surface area contributed by atoms with Crippen molar-refractivity contribution in [1.82, 2.24) is 10.2 Å². The number of fused-ring (bicyclic) bond motifs is 1. The van der Waals surface area contributed by atoms with Crippen molar-refractivity contribution in [3.63, 3.8) is 0 Å². The Morgan fingerprint density at radius 2 is 2.06 bits per heavy atom. The summed E-state index contributed by atoms with van der Waals surface area (Å²) in [6.45, 7) is 3.59. The molecule has 3 rings (SSSR count). The second-order valence-corrected chi connectivity index (χ2v) is 6.16. The van der Waals surface area contributed by atoms with Crippen molar-refractivity contribution in [3.8, 4) is 0 Å². The van der Waals surface area contributed by atoms with E-state index < -0.39 is 0 Å². The number of nitrogens with one attached hydrogen (secondary N) is 1. The average Bonchev–Trinajstić information content (AvgIpc) is 2.75. The van der Waals surface area contributed by atoms with Gasteiger partial charge in [-0.1, -0.05) is 0 Å². The van der Waals surface area contributed by atoms with Crippen LogP contribution in [0.1, 0.15) is 40.1 Å². The number of likely N-dealkylation sites (tertiary alicyclic amines) is 1. The Kier molecular flexibility index (Phi) is 3.26. The summed E-state index contributed by atoms with van der Waals surface area (Å²) in [7, 11) is 0. The lowest BCUT2D eigenvalue weighted by atomic mass is 10.0. The van der Waals surface area contributed by atoms with E-state index in [0.717, 1.165) is 51.0 Å². The van der Waals surface area contributed by atoms with E-state index in [1.54, 1.807) is 11.3 Å². The van der Waals surface area contributed by atoms with Crippen molar-refractivity contribution in [3.05, 3.63) is 16.0 Å². The highest BCUT2D eigenvalue weighted by Gasteiger charge is 2.27. The van der Waals surface area contributed by atoms with E-state index in [0.29, 0.717) is 5.00 Å². The summed E-state index contributed by atoms with van der Waals surface area (Å²) in [5.74, 6) is 0.159. The Labute approximate surface area is 111 Å². The van der Waals surface area contributed by atoms with E-state index in [9.17, 15) is 4.79 Å². The summed E-state index contributed by atoms with van der Waals surface area (Å²) in [6, 6.07) is 0. The lowest BCUT2D eigenvalue weighted by molar-refractivity contribution is 0.0724. The van der Waals surface area contributed by atoms with Crippen LogP contribution in [0.15, 0.2) is 0 Å². The summed E-state index contributed by atoms with van der Waals surface area (Å²) in [4.78, 5) is 15.8. The molecule has 1 fully saturated rings. The number of hydrogen-bond donors (Lipinski definition) is 2. The molecule has 98 valence electrons. The fourth-order valence-electron chi connectivity index (χ4n) is 2.85. The average molecular weight is 265 g/mol. The third-order valence-electron chi connectivity index (χ3n) is 3.81. The zero-order valence-corrected chi connectivity index (χ0v) is 11.3. The Hall–Kier alpha value is -1.07. The van der Waals surface area contributed by atoms with Crippen molar-refractivity contribution in [1.29, 1.82) is 0 Å². The van der Waals surface area contributed by atoms with E-state index >= 15 is 0 Å². The Bertz CT molecular complexity index is 463. The number of rotatable bonds is 1. The first kappa shape index (κ1) is 12.0.